The van der Waals surface area contributed by atoms with Gasteiger partial charge in [-0.2, -0.15) is 0 Å². The second-order valence-corrected chi connectivity index (χ2v) is 5.75. The zero-order valence-electron chi connectivity index (χ0n) is 13.0. The van der Waals surface area contributed by atoms with Gasteiger partial charge in [-0.1, -0.05) is 60.7 Å². The predicted octanol–water partition coefficient (Wildman–Crippen LogP) is 5.09. The Bertz CT molecular complexity index is 844. The molecule has 4 rings (SSSR count). The monoisotopic (exact) mass is 317 g/mol. The van der Waals surface area contributed by atoms with E-state index in [1.165, 1.54) is 12.1 Å². The highest BCUT2D eigenvalue weighted by Crippen LogP contribution is 2.40. The van der Waals surface area contributed by atoms with Gasteiger partial charge in [0.15, 0.2) is 6.10 Å². The van der Waals surface area contributed by atoms with Crippen molar-refractivity contribution < 1.29 is 9.13 Å². The van der Waals surface area contributed by atoms with E-state index in [4.69, 9.17) is 9.73 Å². The maximum atomic E-state index is 13.2. The summed E-state index contributed by atoms with van der Waals surface area (Å²) in [6.45, 7) is 0. The van der Waals surface area contributed by atoms with Crippen molar-refractivity contribution in [2.75, 3.05) is 0 Å². The maximum absolute atomic E-state index is 13.2. The molecule has 2 nitrogen and oxygen atoms in total. The average Bonchev–Trinajstić information content (AvgIpc) is 3.09. The molecular formula is C21H16FNO. The summed E-state index contributed by atoms with van der Waals surface area (Å²) < 4.78 is 19.3. The zero-order chi connectivity index (χ0) is 16.4. The molecule has 0 amide bonds. The summed E-state index contributed by atoms with van der Waals surface area (Å²) in [5.74, 6) is 0.286. The van der Waals surface area contributed by atoms with Crippen molar-refractivity contribution in [3.05, 3.63) is 107 Å². The smallest absolute Gasteiger partial charge is 0.217 e. The van der Waals surface area contributed by atoms with E-state index in [9.17, 15) is 4.39 Å². The Labute approximate surface area is 140 Å². The summed E-state index contributed by atoms with van der Waals surface area (Å²) in [6.07, 6.45) is -0.186. The first-order chi connectivity index (χ1) is 11.8. The van der Waals surface area contributed by atoms with Crippen LogP contribution >= 0.6 is 0 Å². The van der Waals surface area contributed by atoms with Gasteiger partial charge in [-0.15, -0.1) is 0 Å². The largest absolute Gasteiger partial charge is 0.467 e. The molecule has 118 valence electrons. The van der Waals surface area contributed by atoms with Gasteiger partial charge in [-0.3, -0.25) is 0 Å². The van der Waals surface area contributed by atoms with Gasteiger partial charge >= 0.3 is 0 Å². The van der Waals surface area contributed by atoms with Crippen molar-refractivity contribution in [1.82, 2.24) is 0 Å². The standard InChI is InChI=1S/C21H16FNO/c22-18-13-11-17(12-14-18)21-23-19(15-7-3-1-4-8-15)20(24-21)16-9-5-2-6-10-16/h1-14,19-20H/t19-,20-/m1/s1. The molecule has 1 aliphatic rings. The van der Waals surface area contributed by atoms with E-state index < -0.39 is 0 Å². The Morgan fingerprint density at radius 3 is 1.92 bits per heavy atom. The SMILES string of the molecule is Fc1ccc(C2=N[C@H](c3ccccc3)[C@@H](c3ccccc3)O2)cc1. The molecule has 3 aromatic rings. The minimum absolute atomic E-state index is 0.117. The molecule has 0 spiro atoms. The van der Waals surface area contributed by atoms with Gasteiger partial charge in [0.1, 0.15) is 11.9 Å². The lowest BCUT2D eigenvalue weighted by Gasteiger charge is -2.18. The summed E-state index contributed by atoms with van der Waals surface area (Å²) in [6, 6.07) is 26.3. The van der Waals surface area contributed by atoms with Crippen molar-refractivity contribution in [3.8, 4) is 0 Å². The molecule has 1 heterocycles. The van der Waals surface area contributed by atoms with Crippen LogP contribution in [0.4, 0.5) is 4.39 Å². The molecule has 3 heteroatoms. The molecule has 0 bridgehead atoms. The molecule has 0 unspecified atom stereocenters. The number of nitrogens with zero attached hydrogens (tertiary/aromatic N) is 1. The molecule has 3 aromatic carbocycles. The first kappa shape index (κ1) is 14.6. The molecule has 0 aliphatic carbocycles. The normalized spacial score (nSPS) is 19.6. The quantitative estimate of drug-likeness (QED) is 0.660. The van der Waals surface area contributed by atoms with Crippen LogP contribution in [0.2, 0.25) is 0 Å². The molecular weight excluding hydrogens is 301 g/mol. The van der Waals surface area contributed by atoms with Crippen molar-refractivity contribution >= 4 is 5.90 Å². The maximum Gasteiger partial charge on any atom is 0.217 e. The number of hydrogen-bond acceptors (Lipinski definition) is 2. The highest BCUT2D eigenvalue weighted by molar-refractivity contribution is 5.95. The van der Waals surface area contributed by atoms with Crippen LogP contribution in [0.25, 0.3) is 0 Å². The lowest BCUT2D eigenvalue weighted by atomic mass is 9.97. The van der Waals surface area contributed by atoms with Crippen LogP contribution in [-0.2, 0) is 4.74 Å². The van der Waals surface area contributed by atoms with Crippen molar-refractivity contribution in [1.29, 1.82) is 0 Å². The van der Waals surface area contributed by atoms with Gasteiger partial charge in [0.05, 0.1) is 0 Å². The first-order valence-corrected chi connectivity index (χ1v) is 7.91. The van der Waals surface area contributed by atoms with Crippen molar-refractivity contribution in [3.63, 3.8) is 0 Å². The second-order valence-electron chi connectivity index (χ2n) is 5.75. The molecule has 0 saturated heterocycles. The number of ether oxygens (including phenoxy) is 1. The summed E-state index contributed by atoms with van der Waals surface area (Å²) in [7, 11) is 0. The fourth-order valence-electron chi connectivity index (χ4n) is 2.94. The third-order valence-electron chi connectivity index (χ3n) is 4.14. The van der Waals surface area contributed by atoms with Crippen molar-refractivity contribution in [2.24, 2.45) is 4.99 Å². The highest BCUT2D eigenvalue weighted by atomic mass is 19.1. The lowest BCUT2D eigenvalue weighted by molar-refractivity contribution is 0.197. The Balaban J connectivity index is 1.74. The van der Waals surface area contributed by atoms with Crippen LogP contribution in [0.3, 0.4) is 0 Å². The van der Waals surface area contributed by atoms with Gasteiger partial charge in [-0.05, 0) is 35.4 Å². The Kier molecular flexibility index (Phi) is 3.83. The van der Waals surface area contributed by atoms with E-state index in [1.54, 1.807) is 12.1 Å². The number of halogens is 1. The van der Waals surface area contributed by atoms with Crippen LogP contribution < -0.4 is 0 Å². The molecule has 0 N–H and O–H groups in total. The fourth-order valence-corrected chi connectivity index (χ4v) is 2.94. The topological polar surface area (TPSA) is 21.6 Å². The molecule has 0 saturated carbocycles. The second kappa shape index (κ2) is 6.28. The summed E-state index contributed by atoms with van der Waals surface area (Å²) in [5, 5.41) is 0. The summed E-state index contributed by atoms with van der Waals surface area (Å²) in [4.78, 5) is 4.79. The van der Waals surface area contributed by atoms with Crippen LogP contribution in [0.15, 0.2) is 89.9 Å². The zero-order valence-corrected chi connectivity index (χ0v) is 13.0. The van der Waals surface area contributed by atoms with Crippen LogP contribution in [0, 0.1) is 5.82 Å². The molecule has 0 aromatic heterocycles. The van der Waals surface area contributed by atoms with E-state index in [0.29, 0.717) is 5.90 Å². The minimum atomic E-state index is -0.267. The molecule has 1 aliphatic heterocycles. The van der Waals surface area contributed by atoms with E-state index in [1.807, 2.05) is 48.5 Å². The van der Waals surface area contributed by atoms with Gasteiger partial charge in [-0.25, -0.2) is 9.38 Å². The van der Waals surface area contributed by atoms with Crippen LogP contribution in [-0.4, -0.2) is 5.90 Å². The number of rotatable bonds is 3. The van der Waals surface area contributed by atoms with Gasteiger partial charge in [0.2, 0.25) is 5.90 Å². The Morgan fingerprint density at radius 1 is 0.708 bits per heavy atom. The lowest BCUT2D eigenvalue weighted by Crippen LogP contribution is -2.09. The number of benzene rings is 3. The number of hydrogen-bond donors (Lipinski definition) is 0. The Hall–Kier alpha value is -2.94. The van der Waals surface area contributed by atoms with Gasteiger partial charge in [0.25, 0.3) is 0 Å². The highest BCUT2D eigenvalue weighted by Gasteiger charge is 2.33. The molecule has 0 fully saturated rings. The fraction of sp³-hybridized carbons (Fsp3) is 0.0952. The van der Waals surface area contributed by atoms with E-state index >= 15 is 0 Å². The van der Waals surface area contributed by atoms with E-state index in [0.717, 1.165) is 16.7 Å². The summed E-state index contributed by atoms with van der Waals surface area (Å²) in [5.41, 5.74) is 2.96. The van der Waals surface area contributed by atoms with Crippen LogP contribution in [0.5, 0.6) is 0 Å². The van der Waals surface area contributed by atoms with Crippen molar-refractivity contribution in [2.45, 2.75) is 12.1 Å². The molecule has 24 heavy (non-hydrogen) atoms. The van der Waals surface area contributed by atoms with Crippen LogP contribution in [0.1, 0.15) is 28.8 Å². The third kappa shape index (κ3) is 2.81. The molecule has 2 atom stereocenters. The third-order valence-corrected chi connectivity index (χ3v) is 4.14. The van der Waals surface area contributed by atoms with E-state index in [-0.39, 0.29) is 18.0 Å². The van der Waals surface area contributed by atoms with Gasteiger partial charge < -0.3 is 4.74 Å². The number of aliphatic imine (C=N–C) groups is 1. The average molecular weight is 317 g/mol. The Morgan fingerprint density at radius 2 is 1.29 bits per heavy atom. The summed E-state index contributed by atoms with van der Waals surface area (Å²) >= 11 is 0. The predicted molar refractivity (Wildman–Crippen MR) is 92.4 cm³/mol. The minimum Gasteiger partial charge on any atom is -0.467 e. The van der Waals surface area contributed by atoms with E-state index in [2.05, 4.69) is 12.1 Å². The molecule has 0 radical (unpaired) electrons. The first-order valence-electron chi connectivity index (χ1n) is 7.91. The van der Waals surface area contributed by atoms with Gasteiger partial charge in [0, 0.05) is 5.56 Å².